The topological polar surface area (TPSA) is 80.5 Å². The summed E-state index contributed by atoms with van der Waals surface area (Å²) in [7, 11) is 0. The maximum atomic E-state index is 5.37. The molecule has 1 aromatic rings. The first-order valence-corrected chi connectivity index (χ1v) is 5.41. The molecule has 18 heavy (non-hydrogen) atoms. The quantitative estimate of drug-likeness (QED) is 0.631. The Bertz CT molecular complexity index is 406. The number of rotatable bonds is 2. The summed E-state index contributed by atoms with van der Waals surface area (Å²) in [5.41, 5.74) is 12.0. The molecule has 2 heterocycles. The molecule has 1 unspecified atom stereocenters. The predicted octanol–water partition coefficient (Wildman–Crippen LogP) is 1.09. The second-order valence-electron chi connectivity index (χ2n) is 4.13. The fourth-order valence-corrected chi connectivity index (χ4v) is 1.96. The van der Waals surface area contributed by atoms with E-state index in [1.165, 1.54) is 5.56 Å². The zero-order chi connectivity index (χ0) is 11.5. The second kappa shape index (κ2) is 7.28. The molecule has 4 N–H and O–H groups in total. The smallest absolute Gasteiger partial charge is 0.186 e. The first kappa shape index (κ1) is 16.8. The second-order valence-corrected chi connectivity index (χ2v) is 4.13. The third-order valence-electron chi connectivity index (χ3n) is 2.72. The molecule has 0 bridgehead atoms. The van der Waals surface area contributed by atoms with E-state index < -0.39 is 0 Å². The van der Waals surface area contributed by atoms with E-state index in [1.54, 1.807) is 0 Å². The average molecular weight is 292 g/mol. The van der Waals surface area contributed by atoms with Gasteiger partial charge in [-0.2, -0.15) is 0 Å². The Morgan fingerprint density at radius 2 is 2.17 bits per heavy atom. The van der Waals surface area contributed by atoms with E-state index in [9.17, 15) is 0 Å². The number of pyridine rings is 1. The Balaban J connectivity index is 0.00000144. The number of aromatic nitrogens is 1. The molecule has 1 aliphatic rings. The van der Waals surface area contributed by atoms with Crippen LogP contribution < -0.4 is 16.4 Å². The highest BCUT2D eigenvalue weighted by molar-refractivity contribution is 5.85. The molecule has 0 amide bonds. The number of nitrogens with two attached hydrogens (primary N) is 2. The minimum absolute atomic E-state index is 0. The number of guanidine groups is 1. The van der Waals surface area contributed by atoms with Gasteiger partial charge in [0.25, 0.3) is 0 Å². The summed E-state index contributed by atoms with van der Waals surface area (Å²) in [4.78, 5) is 10.7. The lowest BCUT2D eigenvalue weighted by Gasteiger charge is -2.16. The number of halogens is 2. The normalized spacial score (nSPS) is 17.6. The molecule has 0 aromatic carbocycles. The summed E-state index contributed by atoms with van der Waals surface area (Å²) < 4.78 is 0. The van der Waals surface area contributed by atoms with Crippen molar-refractivity contribution in [3.63, 3.8) is 0 Å². The highest BCUT2D eigenvalue weighted by Crippen LogP contribution is 2.20. The van der Waals surface area contributed by atoms with Crippen LogP contribution in [0.5, 0.6) is 0 Å². The van der Waals surface area contributed by atoms with E-state index in [2.05, 4.69) is 27.9 Å². The molecule has 1 aromatic heterocycles. The summed E-state index contributed by atoms with van der Waals surface area (Å²) in [5, 5.41) is 0. The van der Waals surface area contributed by atoms with Gasteiger partial charge in [-0.05, 0) is 31.0 Å². The minimum Gasteiger partial charge on any atom is -0.370 e. The van der Waals surface area contributed by atoms with Gasteiger partial charge in [0.05, 0.1) is 6.04 Å². The van der Waals surface area contributed by atoms with Crippen LogP contribution in [-0.4, -0.2) is 30.1 Å². The molecule has 2 rings (SSSR count). The monoisotopic (exact) mass is 291 g/mol. The van der Waals surface area contributed by atoms with E-state index in [0.717, 1.165) is 25.3 Å². The molecular weight excluding hydrogens is 273 g/mol. The van der Waals surface area contributed by atoms with Crippen molar-refractivity contribution in [1.29, 1.82) is 0 Å². The molecule has 0 saturated carbocycles. The molecule has 102 valence electrons. The molecule has 1 fully saturated rings. The van der Waals surface area contributed by atoms with Crippen molar-refractivity contribution in [2.45, 2.75) is 19.4 Å². The zero-order valence-electron chi connectivity index (χ0n) is 10.2. The Kier molecular flexibility index (Phi) is 6.80. The average Bonchev–Trinajstić information content (AvgIpc) is 2.65. The van der Waals surface area contributed by atoms with Gasteiger partial charge in [-0.15, -0.1) is 24.8 Å². The number of anilines is 1. The zero-order valence-corrected chi connectivity index (χ0v) is 11.9. The third-order valence-corrected chi connectivity index (χ3v) is 2.72. The molecule has 1 aliphatic heterocycles. The number of aliphatic imine (C=N–C) groups is 1. The van der Waals surface area contributed by atoms with Gasteiger partial charge in [0, 0.05) is 19.3 Å². The largest absolute Gasteiger partial charge is 0.370 e. The van der Waals surface area contributed by atoms with Crippen molar-refractivity contribution in [2.75, 3.05) is 18.0 Å². The van der Waals surface area contributed by atoms with Gasteiger partial charge >= 0.3 is 0 Å². The van der Waals surface area contributed by atoms with Crippen molar-refractivity contribution >= 4 is 36.6 Å². The van der Waals surface area contributed by atoms with Crippen LogP contribution in [0.2, 0.25) is 0 Å². The van der Waals surface area contributed by atoms with Crippen LogP contribution in [0.1, 0.15) is 12.0 Å². The fraction of sp³-hybridized carbons (Fsp3) is 0.455. The van der Waals surface area contributed by atoms with Gasteiger partial charge in [0.2, 0.25) is 0 Å². The molecule has 5 nitrogen and oxygen atoms in total. The van der Waals surface area contributed by atoms with Crippen molar-refractivity contribution in [3.05, 3.63) is 23.9 Å². The lowest BCUT2D eigenvalue weighted by atomic mass is 10.3. The highest BCUT2D eigenvalue weighted by atomic mass is 35.5. The van der Waals surface area contributed by atoms with Crippen LogP contribution in [0.4, 0.5) is 5.82 Å². The maximum Gasteiger partial charge on any atom is 0.186 e. The molecular formula is C11H19Cl2N5. The van der Waals surface area contributed by atoms with Crippen molar-refractivity contribution < 1.29 is 0 Å². The van der Waals surface area contributed by atoms with Crippen LogP contribution >= 0.6 is 24.8 Å². The number of aryl methyl sites for hydroxylation is 1. The Morgan fingerprint density at radius 1 is 1.44 bits per heavy atom. The minimum atomic E-state index is 0. The lowest BCUT2D eigenvalue weighted by molar-refractivity contribution is 0.751. The number of hydrogen-bond acceptors (Lipinski definition) is 3. The van der Waals surface area contributed by atoms with Crippen LogP contribution in [0, 0.1) is 6.92 Å². The van der Waals surface area contributed by atoms with Gasteiger partial charge in [0.15, 0.2) is 5.96 Å². The Hall–Kier alpha value is -1.20. The number of hydrogen-bond donors (Lipinski definition) is 2. The van der Waals surface area contributed by atoms with E-state index in [-0.39, 0.29) is 36.8 Å². The SMILES string of the molecule is Cc1ccnc(N2CCC(N=C(N)N)C2)c1.Cl.Cl. The summed E-state index contributed by atoms with van der Waals surface area (Å²) >= 11 is 0. The first-order valence-electron chi connectivity index (χ1n) is 5.41. The van der Waals surface area contributed by atoms with Gasteiger partial charge in [-0.3, -0.25) is 0 Å². The predicted molar refractivity (Wildman–Crippen MR) is 79.9 cm³/mol. The Labute approximate surface area is 119 Å². The van der Waals surface area contributed by atoms with E-state index in [0.29, 0.717) is 0 Å². The fourth-order valence-electron chi connectivity index (χ4n) is 1.96. The molecule has 0 aliphatic carbocycles. The van der Waals surface area contributed by atoms with Crippen molar-refractivity contribution in [2.24, 2.45) is 16.5 Å². The van der Waals surface area contributed by atoms with Gasteiger partial charge < -0.3 is 16.4 Å². The first-order chi connectivity index (χ1) is 7.65. The molecule has 7 heteroatoms. The van der Waals surface area contributed by atoms with E-state index in [4.69, 9.17) is 11.5 Å². The molecule has 0 spiro atoms. The summed E-state index contributed by atoms with van der Waals surface area (Å²) in [6.07, 6.45) is 2.81. The van der Waals surface area contributed by atoms with E-state index >= 15 is 0 Å². The van der Waals surface area contributed by atoms with Gasteiger partial charge in [0.1, 0.15) is 5.82 Å². The third kappa shape index (κ3) is 4.23. The summed E-state index contributed by atoms with van der Waals surface area (Å²) in [6.45, 7) is 3.86. The lowest BCUT2D eigenvalue weighted by Crippen LogP contribution is -2.27. The van der Waals surface area contributed by atoms with Crippen LogP contribution in [0.15, 0.2) is 23.3 Å². The van der Waals surface area contributed by atoms with Crippen molar-refractivity contribution in [3.8, 4) is 0 Å². The standard InChI is InChI=1S/C11H17N5.2ClH/c1-8-2-4-14-10(6-8)16-5-3-9(7-16)15-11(12)13;;/h2,4,6,9H,3,5,7H2,1H3,(H4,12,13,15);2*1H. The Morgan fingerprint density at radius 3 is 2.78 bits per heavy atom. The molecule has 0 radical (unpaired) electrons. The van der Waals surface area contributed by atoms with Gasteiger partial charge in [-0.25, -0.2) is 9.98 Å². The van der Waals surface area contributed by atoms with Crippen molar-refractivity contribution in [1.82, 2.24) is 4.98 Å². The van der Waals surface area contributed by atoms with E-state index in [1.807, 2.05) is 12.3 Å². The molecule has 1 saturated heterocycles. The van der Waals surface area contributed by atoms with Gasteiger partial charge in [-0.1, -0.05) is 0 Å². The summed E-state index contributed by atoms with van der Waals surface area (Å²) in [5.74, 6) is 1.18. The highest BCUT2D eigenvalue weighted by Gasteiger charge is 2.22. The number of nitrogens with zero attached hydrogens (tertiary/aromatic N) is 3. The molecule has 1 atom stereocenters. The summed E-state index contributed by atoms with van der Waals surface area (Å²) in [6, 6.07) is 4.28. The van der Waals surface area contributed by atoms with Crippen LogP contribution in [-0.2, 0) is 0 Å². The van der Waals surface area contributed by atoms with Crippen LogP contribution in [0.3, 0.4) is 0 Å². The van der Waals surface area contributed by atoms with Crippen LogP contribution in [0.25, 0.3) is 0 Å². The maximum absolute atomic E-state index is 5.37.